The summed E-state index contributed by atoms with van der Waals surface area (Å²) in [5.41, 5.74) is 5.31. The Hall–Kier alpha value is -4.78. The first-order valence-corrected chi connectivity index (χ1v) is 15.3. The predicted molar refractivity (Wildman–Crippen MR) is 170 cm³/mol. The van der Waals surface area contributed by atoms with Crippen molar-refractivity contribution in [2.45, 2.75) is 31.8 Å². The Morgan fingerprint density at radius 3 is 2.36 bits per heavy atom. The molecular formula is C35H29ClFN5O3. The number of rotatable bonds is 6. The molecule has 7 rings (SSSR count). The normalized spacial score (nSPS) is 18.4. The Morgan fingerprint density at radius 1 is 0.911 bits per heavy atom. The number of amides is 3. The lowest BCUT2D eigenvalue weighted by Gasteiger charge is -2.36. The van der Waals surface area contributed by atoms with Crippen molar-refractivity contribution in [3.63, 3.8) is 0 Å². The highest BCUT2D eigenvalue weighted by atomic mass is 35.5. The number of anilines is 2. The van der Waals surface area contributed by atoms with Gasteiger partial charge in [-0.2, -0.15) is 5.26 Å². The molecule has 8 nitrogen and oxygen atoms in total. The molecule has 4 aromatic carbocycles. The quantitative estimate of drug-likeness (QED) is 0.298. The third-order valence-electron chi connectivity index (χ3n) is 8.99. The van der Waals surface area contributed by atoms with Gasteiger partial charge < -0.3 is 4.90 Å². The van der Waals surface area contributed by atoms with E-state index in [1.807, 2.05) is 29.2 Å². The number of hydrogen-bond donors (Lipinski definition) is 1. The molecule has 45 heavy (non-hydrogen) atoms. The highest BCUT2D eigenvalue weighted by Crippen LogP contribution is 2.43. The van der Waals surface area contributed by atoms with E-state index in [0.29, 0.717) is 47.0 Å². The Bertz CT molecular complexity index is 1910. The van der Waals surface area contributed by atoms with Crippen LogP contribution in [0.25, 0.3) is 10.8 Å². The van der Waals surface area contributed by atoms with Crippen LogP contribution in [0.3, 0.4) is 0 Å². The second kappa shape index (κ2) is 11.6. The fraction of sp³-hybridized carbons (Fsp3) is 0.257. The van der Waals surface area contributed by atoms with Crippen LogP contribution in [0.15, 0.2) is 66.7 Å². The molecule has 0 aliphatic carbocycles. The fourth-order valence-electron chi connectivity index (χ4n) is 6.71. The maximum Gasteiger partial charge on any atom is 0.259 e. The van der Waals surface area contributed by atoms with Crippen molar-refractivity contribution in [1.29, 1.82) is 5.26 Å². The minimum atomic E-state index is -0.747. The lowest BCUT2D eigenvalue weighted by Crippen LogP contribution is -2.53. The number of nitriles is 1. The van der Waals surface area contributed by atoms with Gasteiger partial charge in [-0.05, 0) is 71.3 Å². The molecule has 0 saturated carbocycles. The first kappa shape index (κ1) is 29.0. The van der Waals surface area contributed by atoms with Crippen molar-refractivity contribution in [2.24, 2.45) is 0 Å². The lowest BCUT2D eigenvalue weighted by molar-refractivity contribution is -0.134. The topological polar surface area (TPSA) is 96.8 Å². The standard InChI is InChI=1S/C35H29ClFN5O3/c36-25-17-26-24(6-8-30-33(26)27(18-25)35(45)42(30)31-9-10-32(43)39-34(31)44)15-21-1-3-22(4-2-21)20-40-11-13-41(14-12-40)29-7-5-23(19-38)16-28(29)37/h1-8,16-18,31H,9-15,20H2,(H,39,43,44). The van der Waals surface area contributed by atoms with Crippen molar-refractivity contribution < 1.29 is 18.8 Å². The Kier molecular flexibility index (Phi) is 7.48. The van der Waals surface area contributed by atoms with Crippen LogP contribution in [0.2, 0.25) is 5.02 Å². The molecule has 226 valence electrons. The summed E-state index contributed by atoms with van der Waals surface area (Å²) in [4.78, 5) is 43.8. The van der Waals surface area contributed by atoms with Crippen molar-refractivity contribution >= 4 is 51.5 Å². The van der Waals surface area contributed by atoms with Gasteiger partial charge in [0.15, 0.2) is 0 Å². The molecule has 10 heteroatoms. The van der Waals surface area contributed by atoms with Crippen LogP contribution in [0, 0.1) is 17.1 Å². The van der Waals surface area contributed by atoms with Crippen molar-refractivity contribution in [1.82, 2.24) is 10.2 Å². The van der Waals surface area contributed by atoms with Crippen molar-refractivity contribution in [2.75, 3.05) is 36.0 Å². The third kappa shape index (κ3) is 5.41. The molecular weight excluding hydrogens is 593 g/mol. The molecule has 3 heterocycles. The molecule has 0 bridgehead atoms. The summed E-state index contributed by atoms with van der Waals surface area (Å²) in [6.07, 6.45) is 1.10. The first-order valence-electron chi connectivity index (χ1n) is 15.0. The highest BCUT2D eigenvalue weighted by Gasteiger charge is 2.41. The van der Waals surface area contributed by atoms with E-state index in [1.54, 1.807) is 18.2 Å². The molecule has 1 atom stereocenters. The first-order chi connectivity index (χ1) is 21.8. The largest absolute Gasteiger partial charge is 0.367 e. The number of piperidine rings is 1. The maximum absolute atomic E-state index is 14.5. The smallest absolute Gasteiger partial charge is 0.259 e. The zero-order valence-electron chi connectivity index (χ0n) is 24.4. The van der Waals surface area contributed by atoms with Gasteiger partial charge >= 0.3 is 0 Å². The van der Waals surface area contributed by atoms with Crippen molar-refractivity contribution in [3.8, 4) is 6.07 Å². The van der Waals surface area contributed by atoms with Crippen LogP contribution in [0.1, 0.15) is 45.5 Å². The number of hydrogen-bond acceptors (Lipinski definition) is 6. The molecule has 3 aliphatic heterocycles. The van der Waals surface area contributed by atoms with Crippen molar-refractivity contribution in [3.05, 3.63) is 105 Å². The molecule has 0 aromatic heterocycles. The number of halogens is 2. The molecule has 0 radical (unpaired) electrons. The average Bonchev–Trinajstić information content (AvgIpc) is 3.31. The van der Waals surface area contributed by atoms with Gasteiger partial charge in [-0.1, -0.05) is 41.9 Å². The van der Waals surface area contributed by atoms with Gasteiger partial charge in [0.1, 0.15) is 11.9 Å². The van der Waals surface area contributed by atoms with Crippen LogP contribution in [-0.2, 0) is 22.6 Å². The molecule has 3 amide bonds. The van der Waals surface area contributed by atoms with E-state index in [1.165, 1.54) is 16.5 Å². The van der Waals surface area contributed by atoms with E-state index in [0.717, 1.165) is 41.5 Å². The Labute approximate surface area is 264 Å². The molecule has 1 unspecified atom stereocenters. The number of carbonyl (C=O) groups is 3. The summed E-state index contributed by atoms with van der Waals surface area (Å²) in [5, 5.41) is 13.5. The molecule has 1 N–H and O–H groups in total. The zero-order chi connectivity index (χ0) is 31.2. The predicted octanol–water partition coefficient (Wildman–Crippen LogP) is 5.18. The van der Waals surface area contributed by atoms with Gasteiger partial charge in [0, 0.05) is 49.6 Å². The summed E-state index contributed by atoms with van der Waals surface area (Å²) >= 11 is 6.49. The lowest BCUT2D eigenvalue weighted by atomic mass is 9.95. The van der Waals surface area contributed by atoms with E-state index in [2.05, 4.69) is 34.5 Å². The van der Waals surface area contributed by atoms with Crippen LogP contribution in [0.4, 0.5) is 15.8 Å². The summed E-state index contributed by atoms with van der Waals surface area (Å²) in [5.74, 6) is -1.43. The molecule has 3 aliphatic rings. The number of nitrogens with one attached hydrogen (secondary N) is 1. The van der Waals surface area contributed by atoms with E-state index in [4.69, 9.17) is 16.9 Å². The second-order valence-electron chi connectivity index (χ2n) is 11.8. The maximum atomic E-state index is 14.5. The number of piperazine rings is 1. The zero-order valence-corrected chi connectivity index (χ0v) is 25.1. The van der Waals surface area contributed by atoms with Crippen LogP contribution in [-0.4, -0.2) is 54.8 Å². The Morgan fingerprint density at radius 2 is 1.64 bits per heavy atom. The molecule has 0 spiro atoms. The highest BCUT2D eigenvalue weighted by molar-refractivity contribution is 6.35. The van der Waals surface area contributed by atoms with Crippen LogP contribution < -0.4 is 15.1 Å². The number of imide groups is 1. The van der Waals surface area contributed by atoms with Gasteiger partial charge in [0.2, 0.25) is 11.8 Å². The average molecular weight is 622 g/mol. The summed E-state index contributed by atoms with van der Waals surface area (Å²) in [6.45, 7) is 3.81. The number of nitrogens with zero attached hydrogens (tertiary/aromatic N) is 4. The monoisotopic (exact) mass is 621 g/mol. The Balaban J connectivity index is 1.05. The van der Waals surface area contributed by atoms with Gasteiger partial charge in [0.25, 0.3) is 5.91 Å². The fourth-order valence-corrected chi connectivity index (χ4v) is 6.93. The van der Waals surface area contributed by atoms with E-state index in [9.17, 15) is 18.8 Å². The molecule has 4 aromatic rings. The summed E-state index contributed by atoms with van der Waals surface area (Å²) in [6, 6.07) is 21.7. The van der Waals surface area contributed by atoms with Crippen LogP contribution >= 0.6 is 11.6 Å². The van der Waals surface area contributed by atoms with Gasteiger partial charge in [0.05, 0.1) is 28.6 Å². The third-order valence-corrected chi connectivity index (χ3v) is 9.21. The second-order valence-corrected chi connectivity index (χ2v) is 12.2. The summed E-state index contributed by atoms with van der Waals surface area (Å²) < 4.78 is 14.5. The molecule has 2 saturated heterocycles. The van der Waals surface area contributed by atoms with E-state index < -0.39 is 11.9 Å². The minimum absolute atomic E-state index is 0.184. The van der Waals surface area contributed by atoms with Gasteiger partial charge in [-0.15, -0.1) is 0 Å². The van der Waals surface area contributed by atoms with Gasteiger partial charge in [-0.3, -0.25) is 29.5 Å². The van der Waals surface area contributed by atoms with E-state index >= 15 is 0 Å². The van der Waals surface area contributed by atoms with E-state index in [-0.39, 0.29) is 30.5 Å². The van der Waals surface area contributed by atoms with Gasteiger partial charge in [-0.25, -0.2) is 4.39 Å². The summed E-state index contributed by atoms with van der Waals surface area (Å²) in [7, 11) is 0. The SMILES string of the molecule is N#Cc1ccc(N2CCN(Cc3ccc(Cc4ccc5c6c(cc(Cl)cc46)C(=O)N5C4CCC(=O)NC4=O)cc3)CC2)c(F)c1. The number of benzene rings is 4. The molecule has 2 fully saturated rings. The minimum Gasteiger partial charge on any atom is -0.367 e. The number of carbonyl (C=O) groups excluding carboxylic acids is 3. The van der Waals surface area contributed by atoms with Crippen LogP contribution in [0.5, 0.6) is 0 Å².